The molecular weight excluding hydrogens is 412 g/mol. The Kier molecular flexibility index (Phi) is 5.83. The fourth-order valence-electron chi connectivity index (χ4n) is 3.05. The monoisotopic (exact) mass is 427 g/mol. The van der Waals surface area contributed by atoms with Crippen molar-refractivity contribution in [1.29, 1.82) is 0 Å². The zero-order valence-corrected chi connectivity index (χ0v) is 16.4. The zero-order chi connectivity index (χ0) is 21.3. The lowest BCUT2D eigenvalue weighted by atomic mass is 9.90. The predicted molar refractivity (Wildman–Crippen MR) is 97.1 cm³/mol. The summed E-state index contributed by atoms with van der Waals surface area (Å²) < 4.78 is 44.4. The normalized spacial score (nSPS) is 15.7. The molecule has 8 nitrogen and oxygen atoms in total. The van der Waals surface area contributed by atoms with Crippen molar-refractivity contribution in [1.82, 2.24) is 9.97 Å². The van der Waals surface area contributed by atoms with Crippen molar-refractivity contribution in [3.05, 3.63) is 40.2 Å². The van der Waals surface area contributed by atoms with Crippen LogP contribution >= 0.6 is 11.6 Å². The molecule has 1 aliphatic heterocycles. The van der Waals surface area contributed by atoms with Gasteiger partial charge < -0.3 is 19.1 Å². The Balaban J connectivity index is 2.21. The molecule has 1 aliphatic rings. The molecule has 0 saturated heterocycles. The second kappa shape index (κ2) is 8.16. The van der Waals surface area contributed by atoms with Gasteiger partial charge in [-0.25, -0.2) is 4.98 Å². The summed E-state index contributed by atoms with van der Waals surface area (Å²) in [6, 6.07) is 1.36. The largest absolute Gasteiger partial charge is 0.479 e. The van der Waals surface area contributed by atoms with Crippen molar-refractivity contribution in [2.45, 2.75) is 19.4 Å². The molecule has 11 heteroatoms. The van der Waals surface area contributed by atoms with Gasteiger partial charge in [0, 0.05) is 6.20 Å². The maximum absolute atomic E-state index is 14.9. The molecular formula is C18H16ClF2N3O5. The maximum atomic E-state index is 14.9. The lowest BCUT2D eigenvalue weighted by molar-refractivity contribution is -0.148. The molecule has 0 aromatic carbocycles. The Morgan fingerprint density at radius 2 is 1.90 bits per heavy atom. The van der Waals surface area contributed by atoms with Crippen LogP contribution < -0.4 is 14.4 Å². The molecule has 0 fully saturated rings. The van der Waals surface area contributed by atoms with E-state index in [4.69, 9.17) is 25.8 Å². The Morgan fingerprint density at radius 3 is 2.45 bits per heavy atom. The van der Waals surface area contributed by atoms with Crippen LogP contribution in [0.5, 0.6) is 11.8 Å². The first kappa shape index (κ1) is 20.7. The van der Waals surface area contributed by atoms with E-state index in [0.717, 1.165) is 19.1 Å². The molecule has 2 aromatic heterocycles. The number of aromatic nitrogens is 2. The van der Waals surface area contributed by atoms with Gasteiger partial charge in [0.15, 0.2) is 5.92 Å². The number of fused-ring (bicyclic) bond motifs is 1. The first-order chi connectivity index (χ1) is 13.8. The van der Waals surface area contributed by atoms with E-state index >= 15 is 0 Å². The molecule has 1 amide bonds. The van der Waals surface area contributed by atoms with Crippen LogP contribution in [0.15, 0.2) is 12.3 Å². The first-order valence-electron chi connectivity index (χ1n) is 8.43. The number of ether oxygens (including phenoxy) is 3. The van der Waals surface area contributed by atoms with Crippen LogP contribution in [0.3, 0.4) is 0 Å². The van der Waals surface area contributed by atoms with Gasteiger partial charge in [-0.05, 0) is 24.1 Å². The van der Waals surface area contributed by atoms with Crippen LogP contribution in [0.25, 0.3) is 0 Å². The van der Waals surface area contributed by atoms with Gasteiger partial charge in [-0.3, -0.25) is 9.59 Å². The van der Waals surface area contributed by atoms with Crippen molar-refractivity contribution < 1.29 is 32.6 Å². The molecule has 0 bridgehead atoms. The minimum absolute atomic E-state index is 0.0103. The molecule has 3 rings (SSSR count). The molecule has 29 heavy (non-hydrogen) atoms. The van der Waals surface area contributed by atoms with Crippen LogP contribution in [0, 0.1) is 11.6 Å². The number of halogens is 3. The highest BCUT2D eigenvalue weighted by molar-refractivity contribution is 6.29. The molecule has 1 unspecified atom stereocenters. The van der Waals surface area contributed by atoms with Gasteiger partial charge in [0.05, 0.1) is 27.4 Å². The summed E-state index contributed by atoms with van der Waals surface area (Å²) in [5.74, 6) is -6.81. The number of carbonyl (C=O) groups is 2. The minimum atomic E-state index is -1.47. The third-order valence-corrected chi connectivity index (χ3v) is 4.52. The average molecular weight is 428 g/mol. The van der Waals surface area contributed by atoms with Gasteiger partial charge in [0.25, 0.3) is 11.8 Å². The Bertz CT molecular complexity index is 960. The van der Waals surface area contributed by atoms with E-state index in [2.05, 4.69) is 9.97 Å². The number of hydrogen-bond acceptors (Lipinski definition) is 7. The quantitative estimate of drug-likeness (QED) is 0.411. The van der Waals surface area contributed by atoms with Gasteiger partial charge in [0.1, 0.15) is 10.8 Å². The van der Waals surface area contributed by atoms with Gasteiger partial charge in [-0.15, -0.1) is 0 Å². The maximum Gasteiger partial charge on any atom is 0.323 e. The Hall–Kier alpha value is -3.01. The second-order valence-corrected chi connectivity index (χ2v) is 6.31. The van der Waals surface area contributed by atoms with Gasteiger partial charge in [-0.1, -0.05) is 11.6 Å². The van der Waals surface area contributed by atoms with E-state index in [1.54, 1.807) is 6.92 Å². The van der Waals surface area contributed by atoms with Gasteiger partial charge in [-0.2, -0.15) is 13.8 Å². The second-order valence-electron chi connectivity index (χ2n) is 5.92. The summed E-state index contributed by atoms with van der Waals surface area (Å²) in [5.41, 5.74) is -0.118. The van der Waals surface area contributed by atoms with E-state index < -0.39 is 46.9 Å². The number of nitrogens with zero attached hydrogens (tertiary/aromatic N) is 3. The smallest absolute Gasteiger partial charge is 0.323 e. The van der Waals surface area contributed by atoms with E-state index in [1.807, 2.05) is 0 Å². The van der Waals surface area contributed by atoms with Gasteiger partial charge >= 0.3 is 5.97 Å². The molecule has 0 radical (unpaired) electrons. The lowest BCUT2D eigenvalue weighted by Gasteiger charge is -2.33. The zero-order valence-electron chi connectivity index (χ0n) is 15.7. The van der Waals surface area contributed by atoms with Crippen molar-refractivity contribution >= 4 is 29.2 Å². The fourth-order valence-corrected chi connectivity index (χ4v) is 3.22. The van der Waals surface area contributed by atoms with Crippen LogP contribution in [0.1, 0.15) is 24.0 Å². The molecule has 0 spiro atoms. The highest BCUT2D eigenvalue weighted by Crippen LogP contribution is 2.40. The number of hydrogen-bond donors (Lipinski definition) is 0. The van der Waals surface area contributed by atoms with Crippen LogP contribution in [-0.2, 0) is 20.9 Å². The number of esters is 1. The summed E-state index contributed by atoms with van der Waals surface area (Å²) in [6.07, 6.45) is 1.33. The van der Waals surface area contributed by atoms with E-state index in [9.17, 15) is 18.4 Å². The number of anilines is 1. The average Bonchev–Trinajstić information content (AvgIpc) is 2.69. The molecule has 1 atom stereocenters. The number of rotatable bonds is 5. The predicted octanol–water partition coefficient (Wildman–Crippen LogP) is 2.62. The summed E-state index contributed by atoms with van der Waals surface area (Å²) in [6.45, 7) is 1.32. The summed E-state index contributed by atoms with van der Waals surface area (Å²) in [4.78, 5) is 33.9. The summed E-state index contributed by atoms with van der Waals surface area (Å²) >= 11 is 5.90. The number of amides is 1. The van der Waals surface area contributed by atoms with Crippen molar-refractivity contribution in [3.63, 3.8) is 0 Å². The SMILES string of the molecule is CCOC(=O)C1C(=O)N(c2c(F)c(OC)nc(OC)c2F)Cc2cnc(Cl)cc21. The molecule has 0 N–H and O–H groups in total. The van der Waals surface area contributed by atoms with E-state index in [0.29, 0.717) is 5.56 Å². The molecule has 3 heterocycles. The molecule has 154 valence electrons. The molecule has 2 aromatic rings. The summed E-state index contributed by atoms with van der Waals surface area (Å²) in [5, 5.41) is 0.0592. The standard InChI is InChI=1S/C18H16ClF2N3O5/c1-4-29-18(26)11-9-5-10(19)22-6-8(9)7-24(17(11)25)14-12(20)15(27-2)23-16(28-3)13(14)21/h5-6,11H,4,7H2,1-3H3. The van der Waals surface area contributed by atoms with Crippen molar-refractivity contribution in [2.75, 3.05) is 25.7 Å². The fraction of sp³-hybridized carbons (Fsp3) is 0.333. The molecule has 0 aliphatic carbocycles. The van der Waals surface area contributed by atoms with Crippen LogP contribution in [0.2, 0.25) is 5.15 Å². The molecule has 0 saturated carbocycles. The third-order valence-electron chi connectivity index (χ3n) is 4.31. The van der Waals surface area contributed by atoms with Gasteiger partial charge in [0.2, 0.25) is 17.5 Å². The number of carbonyl (C=O) groups excluding carboxylic acids is 2. The Morgan fingerprint density at radius 1 is 1.28 bits per heavy atom. The van der Waals surface area contributed by atoms with Crippen molar-refractivity contribution in [3.8, 4) is 11.8 Å². The lowest BCUT2D eigenvalue weighted by Crippen LogP contribution is -2.44. The van der Waals surface area contributed by atoms with E-state index in [-0.39, 0.29) is 23.9 Å². The van der Waals surface area contributed by atoms with E-state index in [1.165, 1.54) is 12.3 Å². The number of pyridine rings is 2. The Labute approximate surface area is 169 Å². The van der Waals surface area contributed by atoms with Crippen molar-refractivity contribution in [2.24, 2.45) is 0 Å². The topological polar surface area (TPSA) is 90.9 Å². The van der Waals surface area contributed by atoms with Crippen LogP contribution in [-0.4, -0.2) is 42.7 Å². The number of methoxy groups -OCH3 is 2. The minimum Gasteiger partial charge on any atom is -0.479 e. The first-order valence-corrected chi connectivity index (χ1v) is 8.81. The third kappa shape index (κ3) is 3.55. The highest BCUT2D eigenvalue weighted by Gasteiger charge is 2.43. The van der Waals surface area contributed by atoms with Crippen LogP contribution in [0.4, 0.5) is 14.5 Å². The highest BCUT2D eigenvalue weighted by atomic mass is 35.5. The summed E-state index contributed by atoms with van der Waals surface area (Å²) in [7, 11) is 2.26.